The van der Waals surface area contributed by atoms with Crippen molar-refractivity contribution in [2.75, 3.05) is 13.2 Å². The van der Waals surface area contributed by atoms with Crippen molar-refractivity contribution < 1.29 is 5.11 Å². The summed E-state index contributed by atoms with van der Waals surface area (Å²) in [6.07, 6.45) is 6.52. The van der Waals surface area contributed by atoms with Gasteiger partial charge in [0.1, 0.15) is 0 Å². The number of piperidine rings is 1. The molecule has 0 aromatic rings. The minimum Gasteiger partial charge on any atom is -0.396 e. The Morgan fingerprint density at radius 1 is 1.46 bits per heavy atom. The highest BCUT2D eigenvalue weighted by Gasteiger charge is 2.47. The van der Waals surface area contributed by atoms with Crippen molar-refractivity contribution in [1.82, 2.24) is 5.32 Å². The van der Waals surface area contributed by atoms with Crippen molar-refractivity contribution in [1.29, 1.82) is 0 Å². The molecule has 1 saturated carbocycles. The van der Waals surface area contributed by atoms with Gasteiger partial charge in [-0.05, 0) is 50.0 Å². The van der Waals surface area contributed by atoms with E-state index in [1.54, 1.807) is 0 Å². The van der Waals surface area contributed by atoms with Crippen molar-refractivity contribution in [3.63, 3.8) is 0 Å². The van der Waals surface area contributed by atoms with Crippen LogP contribution in [-0.2, 0) is 0 Å². The first-order chi connectivity index (χ1) is 6.32. The molecule has 0 aromatic heterocycles. The van der Waals surface area contributed by atoms with Crippen molar-refractivity contribution in [3.8, 4) is 0 Å². The van der Waals surface area contributed by atoms with Gasteiger partial charge in [0.2, 0.25) is 0 Å². The lowest BCUT2D eigenvalue weighted by molar-refractivity contribution is 0.113. The molecule has 0 bridgehead atoms. The minimum absolute atomic E-state index is 0.374. The minimum atomic E-state index is 0.374. The second-order valence-corrected chi connectivity index (χ2v) is 4.73. The van der Waals surface area contributed by atoms with Crippen molar-refractivity contribution >= 4 is 0 Å². The molecule has 13 heavy (non-hydrogen) atoms. The average Bonchev–Trinajstić information content (AvgIpc) is 2.57. The van der Waals surface area contributed by atoms with E-state index >= 15 is 0 Å². The van der Waals surface area contributed by atoms with Crippen LogP contribution in [0.25, 0.3) is 0 Å². The Hall–Kier alpha value is -0.0800. The Balaban J connectivity index is 2.14. The van der Waals surface area contributed by atoms with Crippen LogP contribution in [0.1, 0.15) is 39.0 Å². The van der Waals surface area contributed by atoms with E-state index in [0.29, 0.717) is 24.0 Å². The number of nitrogens with one attached hydrogen (secondary N) is 1. The molecule has 0 aromatic carbocycles. The standard InChI is InChI=1S/C11H21NO/c1-2-11-5-3-7-12-10(11)9(8-13)4-6-11/h9-10,12-13H,2-8H2,1H3/t9-,10+,11-/m1/s1. The summed E-state index contributed by atoms with van der Waals surface area (Å²) in [5, 5.41) is 12.9. The van der Waals surface area contributed by atoms with E-state index < -0.39 is 0 Å². The van der Waals surface area contributed by atoms with E-state index in [1.807, 2.05) is 0 Å². The fourth-order valence-electron chi connectivity index (χ4n) is 3.43. The Kier molecular flexibility index (Phi) is 2.61. The van der Waals surface area contributed by atoms with Crippen molar-refractivity contribution in [3.05, 3.63) is 0 Å². The van der Waals surface area contributed by atoms with Gasteiger partial charge in [-0.1, -0.05) is 6.92 Å². The van der Waals surface area contributed by atoms with Crippen LogP contribution in [0.5, 0.6) is 0 Å². The highest BCUT2D eigenvalue weighted by Crippen LogP contribution is 2.49. The molecule has 0 amide bonds. The third-order valence-electron chi connectivity index (χ3n) is 4.30. The van der Waals surface area contributed by atoms with Gasteiger partial charge in [0.05, 0.1) is 0 Å². The lowest BCUT2D eigenvalue weighted by Crippen LogP contribution is -2.49. The number of aliphatic hydroxyl groups excluding tert-OH is 1. The highest BCUT2D eigenvalue weighted by molar-refractivity contribution is 5.02. The van der Waals surface area contributed by atoms with E-state index in [1.165, 1.54) is 32.1 Å². The second kappa shape index (κ2) is 3.58. The molecule has 3 atom stereocenters. The van der Waals surface area contributed by atoms with E-state index in [4.69, 9.17) is 0 Å². The summed E-state index contributed by atoms with van der Waals surface area (Å²) in [7, 11) is 0. The number of hydrogen-bond donors (Lipinski definition) is 2. The molecule has 0 unspecified atom stereocenters. The van der Waals surface area contributed by atoms with Crippen LogP contribution in [0.3, 0.4) is 0 Å². The van der Waals surface area contributed by atoms with E-state index in [9.17, 15) is 5.11 Å². The average molecular weight is 183 g/mol. The molecule has 76 valence electrons. The van der Waals surface area contributed by atoms with Gasteiger partial charge >= 0.3 is 0 Å². The number of hydrogen-bond acceptors (Lipinski definition) is 2. The lowest BCUT2D eigenvalue weighted by Gasteiger charge is -2.41. The Morgan fingerprint density at radius 2 is 2.31 bits per heavy atom. The summed E-state index contributed by atoms with van der Waals surface area (Å²) in [6, 6.07) is 0.608. The summed E-state index contributed by atoms with van der Waals surface area (Å²) >= 11 is 0. The van der Waals surface area contributed by atoms with Gasteiger partial charge in [-0.25, -0.2) is 0 Å². The first kappa shape index (κ1) is 9.47. The zero-order chi connectivity index (χ0) is 9.31. The molecule has 2 aliphatic rings. The maximum atomic E-state index is 9.27. The summed E-state index contributed by atoms with van der Waals surface area (Å²) in [5.74, 6) is 0.528. The summed E-state index contributed by atoms with van der Waals surface area (Å²) < 4.78 is 0. The van der Waals surface area contributed by atoms with Gasteiger partial charge in [0.15, 0.2) is 0 Å². The molecule has 1 saturated heterocycles. The van der Waals surface area contributed by atoms with Gasteiger partial charge in [0.25, 0.3) is 0 Å². The Bertz CT molecular complexity index is 183. The van der Waals surface area contributed by atoms with E-state index in [2.05, 4.69) is 12.2 Å². The molecule has 2 heteroatoms. The van der Waals surface area contributed by atoms with Gasteiger partial charge in [-0.3, -0.25) is 0 Å². The summed E-state index contributed by atoms with van der Waals surface area (Å²) in [5.41, 5.74) is 0.533. The maximum absolute atomic E-state index is 9.27. The monoisotopic (exact) mass is 183 g/mol. The molecule has 2 nitrogen and oxygen atoms in total. The predicted octanol–water partition coefficient (Wildman–Crippen LogP) is 1.54. The SMILES string of the molecule is CC[C@]12CCCN[C@H]1[C@@H](CO)CC2. The van der Waals surface area contributed by atoms with Crippen LogP contribution in [0.4, 0.5) is 0 Å². The largest absolute Gasteiger partial charge is 0.396 e. The number of fused-ring (bicyclic) bond motifs is 1. The van der Waals surface area contributed by atoms with Crippen LogP contribution in [0.2, 0.25) is 0 Å². The van der Waals surface area contributed by atoms with Gasteiger partial charge in [-0.2, -0.15) is 0 Å². The van der Waals surface area contributed by atoms with Crippen LogP contribution in [0.15, 0.2) is 0 Å². The van der Waals surface area contributed by atoms with Crippen molar-refractivity contribution in [2.45, 2.75) is 45.1 Å². The molecule has 0 spiro atoms. The van der Waals surface area contributed by atoms with Gasteiger partial charge < -0.3 is 10.4 Å². The molecule has 2 N–H and O–H groups in total. The van der Waals surface area contributed by atoms with Crippen LogP contribution in [0, 0.1) is 11.3 Å². The number of aliphatic hydroxyl groups is 1. The number of rotatable bonds is 2. The smallest absolute Gasteiger partial charge is 0.0474 e. The quantitative estimate of drug-likeness (QED) is 0.680. The normalized spacial score (nSPS) is 44.8. The van der Waals surface area contributed by atoms with Gasteiger partial charge in [-0.15, -0.1) is 0 Å². The molecule has 1 aliphatic heterocycles. The first-order valence-corrected chi connectivity index (χ1v) is 5.66. The van der Waals surface area contributed by atoms with Crippen LogP contribution in [-0.4, -0.2) is 24.3 Å². The summed E-state index contributed by atoms with van der Waals surface area (Å²) in [6.45, 7) is 3.84. The fraction of sp³-hybridized carbons (Fsp3) is 1.00. The highest BCUT2D eigenvalue weighted by atomic mass is 16.3. The predicted molar refractivity (Wildman–Crippen MR) is 53.6 cm³/mol. The third kappa shape index (κ3) is 1.40. The maximum Gasteiger partial charge on any atom is 0.0474 e. The first-order valence-electron chi connectivity index (χ1n) is 5.66. The fourth-order valence-corrected chi connectivity index (χ4v) is 3.43. The van der Waals surface area contributed by atoms with E-state index in [-0.39, 0.29) is 0 Å². The molecule has 2 rings (SSSR count). The molecule has 2 fully saturated rings. The second-order valence-electron chi connectivity index (χ2n) is 4.73. The summed E-state index contributed by atoms with van der Waals surface area (Å²) in [4.78, 5) is 0. The topological polar surface area (TPSA) is 32.3 Å². The van der Waals surface area contributed by atoms with Crippen LogP contribution < -0.4 is 5.32 Å². The van der Waals surface area contributed by atoms with Crippen molar-refractivity contribution in [2.24, 2.45) is 11.3 Å². The molecular weight excluding hydrogens is 162 g/mol. The van der Waals surface area contributed by atoms with Crippen LogP contribution >= 0.6 is 0 Å². The zero-order valence-corrected chi connectivity index (χ0v) is 8.55. The molecule has 1 heterocycles. The molecule has 0 radical (unpaired) electrons. The zero-order valence-electron chi connectivity index (χ0n) is 8.55. The third-order valence-corrected chi connectivity index (χ3v) is 4.30. The Morgan fingerprint density at radius 3 is 3.00 bits per heavy atom. The molecular formula is C11H21NO. The molecule has 1 aliphatic carbocycles. The Labute approximate surface area is 80.7 Å². The van der Waals surface area contributed by atoms with E-state index in [0.717, 1.165) is 6.54 Å². The lowest BCUT2D eigenvalue weighted by atomic mass is 9.72. The van der Waals surface area contributed by atoms with Gasteiger partial charge in [0, 0.05) is 12.6 Å².